The Labute approximate surface area is 168 Å². The molecule has 1 heterocycles. The molecule has 7 heteroatoms. The molecule has 1 amide bonds. The SMILES string of the molecule is CC(C)c1ccc(CCNC(=O)COC(=O)c2n[nH]c(=O)c3ccccc23)cc1. The highest BCUT2D eigenvalue weighted by atomic mass is 16.5. The van der Waals surface area contributed by atoms with Crippen LogP contribution in [0.2, 0.25) is 0 Å². The van der Waals surface area contributed by atoms with Crippen LogP contribution in [0.3, 0.4) is 0 Å². The Morgan fingerprint density at radius 1 is 1.07 bits per heavy atom. The van der Waals surface area contributed by atoms with E-state index in [9.17, 15) is 14.4 Å². The van der Waals surface area contributed by atoms with Crippen LogP contribution in [-0.2, 0) is 16.0 Å². The van der Waals surface area contributed by atoms with Gasteiger partial charge in [0, 0.05) is 11.9 Å². The van der Waals surface area contributed by atoms with Gasteiger partial charge in [-0.05, 0) is 29.5 Å². The zero-order valence-electron chi connectivity index (χ0n) is 16.4. The molecule has 2 N–H and O–H groups in total. The largest absolute Gasteiger partial charge is 0.451 e. The number of hydrogen-bond donors (Lipinski definition) is 2. The first-order valence-corrected chi connectivity index (χ1v) is 9.46. The van der Waals surface area contributed by atoms with Gasteiger partial charge in [0.15, 0.2) is 12.3 Å². The van der Waals surface area contributed by atoms with Crippen molar-refractivity contribution in [3.63, 3.8) is 0 Å². The van der Waals surface area contributed by atoms with Crippen molar-refractivity contribution in [1.82, 2.24) is 15.5 Å². The lowest BCUT2D eigenvalue weighted by molar-refractivity contribution is -0.124. The van der Waals surface area contributed by atoms with E-state index in [1.807, 2.05) is 0 Å². The molecule has 0 bridgehead atoms. The lowest BCUT2D eigenvalue weighted by Crippen LogP contribution is -2.30. The number of H-pyrrole nitrogens is 1. The summed E-state index contributed by atoms with van der Waals surface area (Å²) in [6, 6.07) is 14.9. The van der Waals surface area contributed by atoms with E-state index < -0.39 is 24.0 Å². The van der Waals surface area contributed by atoms with Crippen LogP contribution in [0.1, 0.15) is 41.4 Å². The first-order chi connectivity index (χ1) is 14.0. The lowest BCUT2D eigenvalue weighted by Gasteiger charge is -2.09. The highest BCUT2D eigenvalue weighted by molar-refractivity contribution is 6.02. The van der Waals surface area contributed by atoms with Crippen molar-refractivity contribution in [3.05, 3.63) is 75.7 Å². The second-order valence-electron chi connectivity index (χ2n) is 7.02. The number of fused-ring (bicyclic) bond motifs is 1. The fourth-order valence-corrected chi connectivity index (χ4v) is 2.94. The van der Waals surface area contributed by atoms with Gasteiger partial charge < -0.3 is 10.1 Å². The van der Waals surface area contributed by atoms with Crippen LogP contribution in [0.25, 0.3) is 10.8 Å². The van der Waals surface area contributed by atoms with E-state index >= 15 is 0 Å². The van der Waals surface area contributed by atoms with Crippen molar-refractivity contribution in [3.8, 4) is 0 Å². The number of hydrogen-bond acceptors (Lipinski definition) is 5. The van der Waals surface area contributed by atoms with Crippen LogP contribution in [0.5, 0.6) is 0 Å². The Morgan fingerprint density at radius 2 is 1.76 bits per heavy atom. The van der Waals surface area contributed by atoms with E-state index in [0.717, 1.165) is 5.56 Å². The summed E-state index contributed by atoms with van der Waals surface area (Å²) in [6.45, 7) is 4.31. The van der Waals surface area contributed by atoms with Crippen LogP contribution in [0, 0.1) is 0 Å². The third-order valence-electron chi connectivity index (χ3n) is 4.61. The second kappa shape index (κ2) is 9.14. The second-order valence-corrected chi connectivity index (χ2v) is 7.02. The van der Waals surface area contributed by atoms with E-state index in [0.29, 0.717) is 29.7 Å². The third-order valence-corrected chi connectivity index (χ3v) is 4.61. The fourth-order valence-electron chi connectivity index (χ4n) is 2.94. The van der Waals surface area contributed by atoms with Gasteiger partial charge in [-0.25, -0.2) is 9.89 Å². The van der Waals surface area contributed by atoms with Crippen molar-refractivity contribution in [2.24, 2.45) is 0 Å². The molecule has 0 fully saturated rings. The van der Waals surface area contributed by atoms with Gasteiger partial charge in [0.05, 0.1) is 5.39 Å². The molecule has 3 aromatic rings. The molecule has 0 saturated carbocycles. The van der Waals surface area contributed by atoms with Crippen molar-refractivity contribution in [2.45, 2.75) is 26.2 Å². The first kappa shape index (κ1) is 20.3. The molecule has 0 aliphatic heterocycles. The summed E-state index contributed by atoms with van der Waals surface area (Å²) < 4.78 is 5.05. The fraction of sp³-hybridized carbons (Fsp3) is 0.273. The topological polar surface area (TPSA) is 101 Å². The minimum Gasteiger partial charge on any atom is -0.451 e. The normalized spacial score (nSPS) is 10.9. The highest BCUT2D eigenvalue weighted by Gasteiger charge is 2.16. The Balaban J connectivity index is 1.50. The maximum absolute atomic E-state index is 12.3. The van der Waals surface area contributed by atoms with Gasteiger partial charge in [0.25, 0.3) is 11.5 Å². The number of aromatic amines is 1. The monoisotopic (exact) mass is 393 g/mol. The predicted octanol–water partition coefficient (Wildman–Crippen LogP) is 2.56. The Bertz CT molecular complexity index is 1070. The van der Waals surface area contributed by atoms with E-state index in [-0.39, 0.29) is 5.69 Å². The van der Waals surface area contributed by atoms with E-state index in [1.54, 1.807) is 24.3 Å². The maximum Gasteiger partial charge on any atom is 0.359 e. The van der Waals surface area contributed by atoms with Gasteiger partial charge in [-0.15, -0.1) is 0 Å². The van der Waals surface area contributed by atoms with Gasteiger partial charge >= 0.3 is 5.97 Å². The highest BCUT2D eigenvalue weighted by Crippen LogP contribution is 2.15. The molecule has 0 aliphatic carbocycles. The number of aromatic nitrogens is 2. The molecular formula is C22H23N3O4. The Kier molecular flexibility index (Phi) is 6.39. The number of amides is 1. The number of nitrogens with one attached hydrogen (secondary N) is 2. The van der Waals surface area contributed by atoms with E-state index in [4.69, 9.17) is 4.74 Å². The molecule has 0 spiro atoms. The van der Waals surface area contributed by atoms with Crippen molar-refractivity contribution < 1.29 is 14.3 Å². The molecule has 0 saturated heterocycles. The molecule has 0 aliphatic rings. The zero-order chi connectivity index (χ0) is 20.8. The third kappa shape index (κ3) is 5.07. The van der Waals surface area contributed by atoms with E-state index in [2.05, 4.69) is 53.6 Å². The number of esters is 1. The molecule has 2 aromatic carbocycles. The molecule has 3 rings (SSSR count). The number of carbonyl (C=O) groups is 2. The number of carbonyl (C=O) groups excluding carboxylic acids is 2. The van der Waals surface area contributed by atoms with Crippen LogP contribution < -0.4 is 10.9 Å². The van der Waals surface area contributed by atoms with Crippen LogP contribution in [-0.4, -0.2) is 35.2 Å². The van der Waals surface area contributed by atoms with Crippen molar-refractivity contribution in [1.29, 1.82) is 0 Å². The van der Waals surface area contributed by atoms with Crippen molar-refractivity contribution in [2.75, 3.05) is 13.2 Å². The zero-order valence-corrected chi connectivity index (χ0v) is 16.4. The van der Waals surface area contributed by atoms with Crippen LogP contribution in [0.4, 0.5) is 0 Å². The minimum absolute atomic E-state index is 0.0294. The molecule has 0 unspecified atom stereocenters. The minimum atomic E-state index is -0.767. The predicted molar refractivity (Wildman–Crippen MR) is 110 cm³/mol. The van der Waals surface area contributed by atoms with Gasteiger partial charge in [0.1, 0.15) is 0 Å². The standard InChI is InChI=1S/C22H23N3O4/c1-14(2)16-9-7-15(8-10-16)11-12-23-19(26)13-29-22(28)20-17-5-3-4-6-18(17)21(27)25-24-20/h3-10,14H,11-13H2,1-2H3,(H,23,26)(H,25,27). The molecular weight excluding hydrogens is 370 g/mol. The quantitative estimate of drug-likeness (QED) is 0.601. The Hall–Kier alpha value is -3.48. The first-order valence-electron chi connectivity index (χ1n) is 9.46. The Morgan fingerprint density at radius 3 is 2.45 bits per heavy atom. The molecule has 29 heavy (non-hydrogen) atoms. The summed E-state index contributed by atoms with van der Waals surface area (Å²) in [6.07, 6.45) is 0.685. The molecule has 0 atom stereocenters. The average Bonchev–Trinajstić information content (AvgIpc) is 2.73. The van der Waals surface area contributed by atoms with Gasteiger partial charge in [-0.1, -0.05) is 56.3 Å². The van der Waals surface area contributed by atoms with Gasteiger partial charge in [-0.3, -0.25) is 9.59 Å². The van der Waals surface area contributed by atoms with Crippen LogP contribution >= 0.6 is 0 Å². The smallest absolute Gasteiger partial charge is 0.359 e. The summed E-state index contributed by atoms with van der Waals surface area (Å²) in [7, 11) is 0. The van der Waals surface area contributed by atoms with Crippen LogP contribution in [0.15, 0.2) is 53.3 Å². The number of ether oxygens (including phenoxy) is 1. The summed E-state index contributed by atoms with van der Waals surface area (Å²) in [5.74, 6) is -0.685. The number of nitrogens with zero attached hydrogens (tertiary/aromatic N) is 1. The summed E-state index contributed by atoms with van der Waals surface area (Å²) in [5.41, 5.74) is 1.97. The summed E-state index contributed by atoms with van der Waals surface area (Å²) >= 11 is 0. The molecule has 7 nitrogen and oxygen atoms in total. The molecule has 0 radical (unpaired) electrons. The molecule has 1 aromatic heterocycles. The average molecular weight is 393 g/mol. The van der Waals surface area contributed by atoms with Crippen molar-refractivity contribution >= 4 is 22.6 Å². The number of benzene rings is 2. The summed E-state index contributed by atoms with van der Waals surface area (Å²) in [5, 5.41) is 9.47. The van der Waals surface area contributed by atoms with Gasteiger partial charge in [-0.2, -0.15) is 5.10 Å². The number of rotatable bonds is 7. The maximum atomic E-state index is 12.3. The van der Waals surface area contributed by atoms with E-state index in [1.165, 1.54) is 5.56 Å². The lowest BCUT2D eigenvalue weighted by atomic mass is 10.0. The van der Waals surface area contributed by atoms with Gasteiger partial charge in [0.2, 0.25) is 0 Å². The summed E-state index contributed by atoms with van der Waals surface area (Å²) in [4.78, 5) is 36.0. The molecule has 150 valence electrons.